The maximum Gasteiger partial charge on any atom is 0.0960 e. The molecule has 4 heteroatoms. The number of hydrogen-bond acceptors (Lipinski definition) is 4. The van der Waals surface area contributed by atoms with Gasteiger partial charge in [-0.3, -0.25) is 0 Å². The van der Waals surface area contributed by atoms with Crippen molar-refractivity contribution >= 4 is 11.3 Å². The SMILES string of the molecule is CN1CCC(c2nc(C3(CO)CC3)cs2)CC1. The summed E-state index contributed by atoms with van der Waals surface area (Å²) in [6, 6.07) is 0. The molecule has 94 valence electrons. The maximum absolute atomic E-state index is 9.42. The molecule has 2 fully saturated rings. The third-order valence-electron chi connectivity index (χ3n) is 4.29. The van der Waals surface area contributed by atoms with Crippen molar-refractivity contribution in [3.8, 4) is 0 Å². The predicted octanol–water partition coefficient (Wildman–Crippen LogP) is 1.98. The van der Waals surface area contributed by atoms with Gasteiger partial charge in [0.15, 0.2) is 0 Å². The van der Waals surface area contributed by atoms with E-state index in [4.69, 9.17) is 4.98 Å². The van der Waals surface area contributed by atoms with Gasteiger partial charge >= 0.3 is 0 Å². The fourth-order valence-electron chi connectivity index (χ4n) is 2.62. The normalized spacial score (nSPS) is 25.1. The second-order valence-corrected chi connectivity index (χ2v) is 6.48. The van der Waals surface area contributed by atoms with Crippen molar-refractivity contribution in [3.05, 3.63) is 16.1 Å². The van der Waals surface area contributed by atoms with Gasteiger partial charge in [0.1, 0.15) is 0 Å². The Morgan fingerprint density at radius 2 is 2.18 bits per heavy atom. The molecule has 2 heterocycles. The number of aliphatic hydroxyl groups excluding tert-OH is 1. The zero-order valence-electron chi connectivity index (χ0n) is 10.4. The van der Waals surface area contributed by atoms with Crippen LogP contribution in [0, 0.1) is 0 Å². The molecule has 1 aromatic heterocycles. The number of aliphatic hydroxyl groups is 1. The molecule has 0 unspecified atom stereocenters. The minimum Gasteiger partial charge on any atom is -0.395 e. The largest absolute Gasteiger partial charge is 0.395 e. The summed E-state index contributed by atoms with van der Waals surface area (Å²) < 4.78 is 0. The first-order valence-corrected chi connectivity index (χ1v) is 7.37. The third-order valence-corrected chi connectivity index (χ3v) is 5.30. The van der Waals surface area contributed by atoms with Gasteiger partial charge in [0.25, 0.3) is 0 Å². The van der Waals surface area contributed by atoms with Gasteiger partial charge < -0.3 is 10.0 Å². The molecule has 1 aliphatic carbocycles. The molecule has 3 nitrogen and oxygen atoms in total. The smallest absolute Gasteiger partial charge is 0.0960 e. The first-order valence-electron chi connectivity index (χ1n) is 6.49. The van der Waals surface area contributed by atoms with E-state index in [0.717, 1.165) is 18.5 Å². The van der Waals surface area contributed by atoms with E-state index in [1.54, 1.807) is 11.3 Å². The second-order valence-electron chi connectivity index (χ2n) is 5.59. The monoisotopic (exact) mass is 252 g/mol. The first-order chi connectivity index (χ1) is 8.23. The van der Waals surface area contributed by atoms with Crippen LogP contribution in [-0.2, 0) is 5.41 Å². The molecular weight excluding hydrogens is 232 g/mol. The van der Waals surface area contributed by atoms with Crippen LogP contribution in [0.1, 0.15) is 42.3 Å². The van der Waals surface area contributed by atoms with Gasteiger partial charge in [-0.1, -0.05) is 0 Å². The zero-order valence-corrected chi connectivity index (χ0v) is 11.2. The highest BCUT2D eigenvalue weighted by molar-refractivity contribution is 7.09. The summed E-state index contributed by atoms with van der Waals surface area (Å²) in [6.45, 7) is 2.64. The van der Waals surface area contributed by atoms with Crippen LogP contribution >= 0.6 is 11.3 Å². The van der Waals surface area contributed by atoms with Gasteiger partial charge in [0.2, 0.25) is 0 Å². The molecule has 0 amide bonds. The standard InChI is InChI=1S/C13H20N2OS/c1-15-6-2-10(3-7-15)12-14-11(8-17-12)13(9-16)4-5-13/h8,10,16H,2-7,9H2,1H3. The summed E-state index contributed by atoms with van der Waals surface area (Å²) in [4.78, 5) is 7.19. The van der Waals surface area contributed by atoms with Crippen molar-refractivity contribution in [2.24, 2.45) is 0 Å². The van der Waals surface area contributed by atoms with Crippen LogP contribution < -0.4 is 0 Å². The van der Waals surface area contributed by atoms with E-state index < -0.39 is 0 Å². The highest BCUT2D eigenvalue weighted by Gasteiger charge is 2.45. The van der Waals surface area contributed by atoms with E-state index in [1.165, 1.54) is 30.9 Å². The second kappa shape index (κ2) is 4.34. The lowest BCUT2D eigenvalue weighted by Crippen LogP contribution is -2.29. The maximum atomic E-state index is 9.42. The van der Waals surface area contributed by atoms with Gasteiger partial charge in [-0.15, -0.1) is 11.3 Å². The Bertz CT molecular complexity index is 392. The highest BCUT2D eigenvalue weighted by atomic mass is 32.1. The Hall–Kier alpha value is -0.450. The Kier molecular flexibility index (Phi) is 2.97. The number of thiazole rings is 1. The average molecular weight is 252 g/mol. The first kappa shape index (κ1) is 11.6. The van der Waals surface area contributed by atoms with Crippen molar-refractivity contribution in [2.75, 3.05) is 26.7 Å². The highest BCUT2D eigenvalue weighted by Crippen LogP contribution is 2.48. The van der Waals surface area contributed by atoms with E-state index in [0.29, 0.717) is 5.92 Å². The lowest BCUT2D eigenvalue weighted by atomic mass is 9.98. The fourth-order valence-corrected chi connectivity index (χ4v) is 3.73. The van der Waals surface area contributed by atoms with Crippen LogP contribution in [0.4, 0.5) is 0 Å². The fraction of sp³-hybridized carbons (Fsp3) is 0.769. The minimum absolute atomic E-state index is 0.0419. The molecule has 1 saturated heterocycles. The van der Waals surface area contributed by atoms with Crippen molar-refractivity contribution < 1.29 is 5.11 Å². The van der Waals surface area contributed by atoms with Gasteiger partial charge in [-0.2, -0.15) is 0 Å². The Morgan fingerprint density at radius 3 is 2.76 bits per heavy atom. The van der Waals surface area contributed by atoms with E-state index >= 15 is 0 Å². The van der Waals surface area contributed by atoms with E-state index in [1.807, 2.05) is 0 Å². The number of piperidine rings is 1. The lowest BCUT2D eigenvalue weighted by molar-refractivity contribution is 0.249. The van der Waals surface area contributed by atoms with Crippen LogP contribution in [0.2, 0.25) is 0 Å². The number of aromatic nitrogens is 1. The molecule has 1 aliphatic heterocycles. The number of hydrogen-bond donors (Lipinski definition) is 1. The molecule has 0 aromatic carbocycles. The molecular formula is C13H20N2OS. The summed E-state index contributed by atoms with van der Waals surface area (Å²) in [5, 5.41) is 12.9. The number of nitrogens with zero attached hydrogens (tertiary/aromatic N) is 2. The van der Waals surface area contributed by atoms with Crippen molar-refractivity contribution in [2.45, 2.75) is 37.0 Å². The molecule has 0 bridgehead atoms. The van der Waals surface area contributed by atoms with Crippen LogP contribution in [0.3, 0.4) is 0 Å². The molecule has 1 saturated carbocycles. The third kappa shape index (κ3) is 2.14. The van der Waals surface area contributed by atoms with Crippen LogP contribution in [-0.4, -0.2) is 41.7 Å². The molecule has 0 radical (unpaired) electrons. The van der Waals surface area contributed by atoms with Gasteiger partial charge in [-0.25, -0.2) is 4.98 Å². The summed E-state index contributed by atoms with van der Waals surface area (Å²) >= 11 is 1.80. The van der Waals surface area contributed by atoms with Gasteiger partial charge in [0.05, 0.1) is 17.3 Å². The molecule has 2 aliphatic rings. The summed E-state index contributed by atoms with van der Waals surface area (Å²) in [6.07, 6.45) is 4.69. The van der Waals surface area contributed by atoms with E-state index in [9.17, 15) is 5.11 Å². The molecule has 1 N–H and O–H groups in total. The van der Waals surface area contributed by atoms with Crippen molar-refractivity contribution in [3.63, 3.8) is 0 Å². The number of rotatable bonds is 3. The van der Waals surface area contributed by atoms with Crippen LogP contribution in [0.5, 0.6) is 0 Å². The van der Waals surface area contributed by atoms with Crippen LogP contribution in [0.25, 0.3) is 0 Å². The quantitative estimate of drug-likeness (QED) is 0.893. The molecule has 1 aromatic rings. The molecule has 0 atom stereocenters. The predicted molar refractivity (Wildman–Crippen MR) is 69.6 cm³/mol. The van der Waals surface area contributed by atoms with E-state index in [2.05, 4.69) is 17.3 Å². The molecule has 3 rings (SSSR count). The summed E-state index contributed by atoms with van der Waals surface area (Å²) in [5.41, 5.74) is 1.19. The van der Waals surface area contributed by atoms with Gasteiger partial charge in [0, 0.05) is 16.7 Å². The Balaban J connectivity index is 1.72. The lowest BCUT2D eigenvalue weighted by Gasteiger charge is -2.27. The van der Waals surface area contributed by atoms with Crippen LogP contribution in [0.15, 0.2) is 5.38 Å². The summed E-state index contributed by atoms with van der Waals surface area (Å²) in [7, 11) is 2.19. The van der Waals surface area contributed by atoms with Crippen molar-refractivity contribution in [1.29, 1.82) is 0 Å². The van der Waals surface area contributed by atoms with Crippen molar-refractivity contribution in [1.82, 2.24) is 9.88 Å². The summed E-state index contributed by atoms with van der Waals surface area (Å²) in [5.74, 6) is 0.652. The Morgan fingerprint density at radius 1 is 1.47 bits per heavy atom. The number of likely N-dealkylation sites (tertiary alicyclic amines) is 1. The topological polar surface area (TPSA) is 36.4 Å². The zero-order chi connectivity index (χ0) is 11.9. The van der Waals surface area contributed by atoms with Gasteiger partial charge in [-0.05, 0) is 45.8 Å². The average Bonchev–Trinajstić information content (AvgIpc) is 3.00. The minimum atomic E-state index is 0.0419. The molecule has 17 heavy (non-hydrogen) atoms. The van der Waals surface area contributed by atoms with E-state index in [-0.39, 0.29) is 12.0 Å². The Labute approximate surface area is 106 Å². The molecule has 0 spiro atoms.